The van der Waals surface area contributed by atoms with Gasteiger partial charge in [0.1, 0.15) is 0 Å². The highest BCUT2D eigenvalue weighted by atomic mass is 32.2. The summed E-state index contributed by atoms with van der Waals surface area (Å²) in [6, 6.07) is 12.7. The SMILES string of the molecule is CCc1ccc(C(C)NC(=O)c2cc(S(=O)(=O)N(C)C)ccc2N2CCOCC2)cc1. The molecule has 1 saturated heterocycles. The lowest BCUT2D eigenvalue weighted by atomic mass is 10.0. The molecule has 1 fully saturated rings. The molecule has 1 amide bonds. The highest BCUT2D eigenvalue weighted by molar-refractivity contribution is 7.89. The van der Waals surface area contributed by atoms with Crippen molar-refractivity contribution in [2.75, 3.05) is 45.3 Å². The summed E-state index contributed by atoms with van der Waals surface area (Å²) >= 11 is 0. The lowest BCUT2D eigenvalue weighted by Gasteiger charge is -2.31. The van der Waals surface area contributed by atoms with Crippen LogP contribution in [0.25, 0.3) is 0 Å². The third-order valence-electron chi connectivity index (χ3n) is 5.58. The zero-order valence-corrected chi connectivity index (χ0v) is 19.4. The van der Waals surface area contributed by atoms with E-state index in [1.807, 2.05) is 19.1 Å². The summed E-state index contributed by atoms with van der Waals surface area (Å²) in [6.45, 7) is 6.45. The van der Waals surface area contributed by atoms with Gasteiger partial charge in [0.2, 0.25) is 10.0 Å². The summed E-state index contributed by atoms with van der Waals surface area (Å²) in [5.41, 5.74) is 3.29. The molecule has 0 aromatic heterocycles. The van der Waals surface area contributed by atoms with Crippen molar-refractivity contribution in [3.05, 3.63) is 59.2 Å². The molecule has 2 aromatic rings. The molecule has 31 heavy (non-hydrogen) atoms. The molecule has 8 heteroatoms. The van der Waals surface area contributed by atoms with Crippen molar-refractivity contribution >= 4 is 21.6 Å². The number of amides is 1. The van der Waals surface area contributed by atoms with E-state index < -0.39 is 10.0 Å². The number of hydrogen-bond acceptors (Lipinski definition) is 5. The number of rotatable bonds is 7. The number of ether oxygens (including phenoxy) is 1. The Balaban J connectivity index is 1.93. The molecular formula is C23H31N3O4S. The number of carbonyl (C=O) groups excluding carboxylic acids is 1. The number of hydrogen-bond donors (Lipinski definition) is 1. The van der Waals surface area contributed by atoms with Gasteiger partial charge in [-0.1, -0.05) is 31.2 Å². The molecule has 0 bridgehead atoms. The van der Waals surface area contributed by atoms with E-state index in [2.05, 4.69) is 29.3 Å². The Bertz CT molecular complexity index is 1010. The van der Waals surface area contributed by atoms with Crippen molar-refractivity contribution in [1.29, 1.82) is 0 Å². The third kappa shape index (κ3) is 5.26. The molecule has 0 saturated carbocycles. The van der Waals surface area contributed by atoms with Gasteiger partial charge in [-0.25, -0.2) is 12.7 Å². The second-order valence-corrected chi connectivity index (χ2v) is 10.0. The number of carbonyl (C=O) groups is 1. The highest BCUT2D eigenvalue weighted by Gasteiger charge is 2.25. The van der Waals surface area contributed by atoms with Crippen molar-refractivity contribution in [3.63, 3.8) is 0 Å². The number of nitrogens with zero attached hydrogens (tertiary/aromatic N) is 2. The zero-order chi connectivity index (χ0) is 22.6. The number of sulfonamides is 1. The Morgan fingerprint density at radius 3 is 2.35 bits per heavy atom. The first kappa shape index (κ1) is 23.2. The van der Waals surface area contributed by atoms with Gasteiger partial charge in [-0.2, -0.15) is 0 Å². The van der Waals surface area contributed by atoms with Crippen LogP contribution in [0, 0.1) is 0 Å². The molecule has 1 aliphatic heterocycles. The molecule has 2 aromatic carbocycles. The normalized spacial score (nSPS) is 15.7. The van der Waals surface area contributed by atoms with Crippen LogP contribution < -0.4 is 10.2 Å². The average molecular weight is 446 g/mol. The highest BCUT2D eigenvalue weighted by Crippen LogP contribution is 2.27. The van der Waals surface area contributed by atoms with Gasteiger partial charge >= 0.3 is 0 Å². The Hall–Kier alpha value is -2.42. The number of aryl methyl sites for hydroxylation is 1. The molecule has 3 rings (SSSR count). The summed E-state index contributed by atoms with van der Waals surface area (Å²) in [6.07, 6.45) is 0.955. The molecule has 1 aliphatic rings. The molecule has 1 unspecified atom stereocenters. The van der Waals surface area contributed by atoms with Gasteiger partial charge in [0.05, 0.1) is 29.7 Å². The van der Waals surface area contributed by atoms with E-state index in [9.17, 15) is 13.2 Å². The van der Waals surface area contributed by atoms with Crippen molar-refractivity contribution in [1.82, 2.24) is 9.62 Å². The maximum Gasteiger partial charge on any atom is 0.253 e. The monoisotopic (exact) mass is 445 g/mol. The largest absolute Gasteiger partial charge is 0.378 e. The fourth-order valence-electron chi connectivity index (χ4n) is 3.55. The van der Waals surface area contributed by atoms with Gasteiger partial charge in [0, 0.05) is 32.9 Å². The van der Waals surface area contributed by atoms with Gasteiger partial charge in [0.15, 0.2) is 0 Å². The van der Waals surface area contributed by atoms with Crippen LogP contribution in [0.2, 0.25) is 0 Å². The second kappa shape index (κ2) is 9.80. The van der Waals surface area contributed by atoms with E-state index in [0.717, 1.165) is 16.3 Å². The van der Waals surface area contributed by atoms with E-state index in [4.69, 9.17) is 4.74 Å². The molecule has 1 N–H and O–H groups in total. The minimum atomic E-state index is -3.66. The molecule has 7 nitrogen and oxygen atoms in total. The van der Waals surface area contributed by atoms with Gasteiger partial charge in [0.25, 0.3) is 5.91 Å². The number of nitrogens with one attached hydrogen (secondary N) is 1. The minimum absolute atomic E-state index is 0.0969. The van der Waals surface area contributed by atoms with Crippen LogP contribution in [0.15, 0.2) is 47.4 Å². The Labute approximate surface area is 185 Å². The van der Waals surface area contributed by atoms with E-state index in [1.54, 1.807) is 12.1 Å². The summed E-state index contributed by atoms with van der Waals surface area (Å²) in [4.78, 5) is 15.4. The first-order chi connectivity index (χ1) is 14.7. The molecule has 1 atom stereocenters. The Morgan fingerprint density at radius 2 is 1.77 bits per heavy atom. The van der Waals surface area contributed by atoms with Gasteiger partial charge in [-0.05, 0) is 42.7 Å². The van der Waals surface area contributed by atoms with E-state index in [1.165, 1.54) is 25.7 Å². The van der Waals surface area contributed by atoms with Crippen molar-refractivity contribution in [2.45, 2.75) is 31.2 Å². The molecule has 0 spiro atoms. The van der Waals surface area contributed by atoms with Crippen molar-refractivity contribution in [2.24, 2.45) is 0 Å². The lowest BCUT2D eigenvalue weighted by Crippen LogP contribution is -2.38. The van der Waals surface area contributed by atoms with Crippen molar-refractivity contribution in [3.8, 4) is 0 Å². The molecule has 0 aliphatic carbocycles. The summed E-state index contributed by atoms with van der Waals surface area (Å²) < 4.78 is 31.9. The number of morpholine rings is 1. The fourth-order valence-corrected chi connectivity index (χ4v) is 4.48. The van der Waals surface area contributed by atoms with Crippen LogP contribution in [0.5, 0.6) is 0 Å². The van der Waals surface area contributed by atoms with Gasteiger partial charge in [-0.3, -0.25) is 4.79 Å². The van der Waals surface area contributed by atoms with Gasteiger partial charge < -0.3 is 15.0 Å². The van der Waals surface area contributed by atoms with E-state index in [0.29, 0.717) is 37.6 Å². The standard InChI is InChI=1S/C23H31N3O4S/c1-5-18-6-8-19(9-7-18)17(2)24-23(27)21-16-20(31(28,29)25(3)4)10-11-22(21)26-12-14-30-15-13-26/h6-11,16-17H,5,12-15H2,1-4H3,(H,24,27). The maximum atomic E-state index is 13.3. The van der Waals surface area contributed by atoms with Crippen LogP contribution in [-0.2, 0) is 21.2 Å². The molecular weight excluding hydrogens is 414 g/mol. The van der Waals surface area contributed by atoms with Crippen LogP contribution >= 0.6 is 0 Å². The summed E-state index contributed by atoms with van der Waals surface area (Å²) in [5.74, 6) is -0.302. The first-order valence-electron chi connectivity index (χ1n) is 10.5. The molecule has 1 heterocycles. The minimum Gasteiger partial charge on any atom is -0.378 e. The van der Waals surface area contributed by atoms with Crippen LogP contribution in [0.3, 0.4) is 0 Å². The zero-order valence-electron chi connectivity index (χ0n) is 18.6. The predicted octanol–water partition coefficient (Wildman–Crippen LogP) is 2.83. The van der Waals surface area contributed by atoms with Crippen LogP contribution in [0.1, 0.15) is 41.4 Å². The molecule has 168 valence electrons. The molecule has 0 radical (unpaired) electrons. The topological polar surface area (TPSA) is 79.0 Å². The van der Waals surface area contributed by atoms with Crippen LogP contribution in [0.4, 0.5) is 5.69 Å². The van der Waals surface area contributed by atoms with Gasteiger partial charge in [-0.15, -0.1) is 0 Å². The van der Waals surface area contributed by atoms with E-state index >= 15 is 0 Å². The Kier molecular flexibility index (Phi) is 7.35. The number of benzene rings is 2. The fraction of sp³-hybridized carbons (Fsp3) is 0.435. The first-order valence-corrected chi connectivity index (χ1v) is 12.0. The summed E-state index contributed by atoms with van der Waals surface area (Å²) in [7, 11) is -0.700. The average Bonchev–Trinajstić information content (AvgIpc) is 2.79. The smallest absolute Gasteiger partial charge is 0.253 e. The lowest BCUT2D eigenvalue weighted by molar-refractivity contribution is 0.0938. The van der Waals surface area contributed by atoms with E-state index in [-0.39, 0.29) is 16.8 Å². The maximum absolute atomic E-state index is 13.3. The quantitative estimate of drug-likeness (QED) is 0.709. The predicted molar refractivity (Wildman–Crippen MR) is 122 cm³/mol. The summed E-state index contributed by atoms with van der Waals surface area (Å²) in [5, 5.41) is 3.03. The third-order valence-corrected chi connectivity index (χ3v) is 7.39. The second-order valence-electron chi connectivity index (χ2n) is 7.86. The van der Waals surface area contributed by atoms with Crippen molar-refractivity contribution < 1.29 is 17.9 Å². The van der Waals surface area contributed by atoms with Crippen LogP contribution in [-0.4, -0.2) is 59.0 Å². The Morgan fingerprint density at radius 1 is 1.13 bits per heavy atom. The number of anilines is 1.